The molecule has 0 bridgehead atoms. The summed E-state index contributed by atoms with van der Waals surface area (Å²) in [4.78, 5) is 22.2. The van der Waals surface area contributed by atoms with Gasteiger partial charge in [0, 0.05) is 7.11 Å². The van der Waals surface area contributed by atoms with E-state index in [0.29, 0.717) is 0 Å². The molecule has 21 heavy (non-hydrogen) atoms. The van der Waals surface area contributed by atoms with E-state index in [1.165, 1.54) is 31.4 Å². The molecule has 0 aromatic heterocycles. The molecule has 0 aliphatic heterocycles. The van der Waals surface area contributed by atoms with Gasteiger partial charge in [-0.1, -0.05) is 12.1 Å². The van der Waals surface area contributed by atoms with E-state index in [9.17, 15) is 18.0 Å². The number of benzene rings is 1. The van der Waals surface area contributed by atoms with Crippen molar-refractivity contribution < 1.29 is 32.6 Å². The fourth-order valence-corrected chi connectivity index (χ4v) is 2.92. The molecular weight excluding hydrogens is 302 g/mol. The van der Waals surface area contributed by atoms with E-state index in [4.69, 9.17) is 5.11 Å². The lowest BCUT2D eigenvalue weighted by Crippen LogP contribution is -2.44. The molecular formula is C12H15NO7S. The molecule has 0 spiro atoms. The normalized spacial score (nSPS) is 12.7. The summed E-state index contributed by atoms with van der Waals surface area (Å²) in [5.41, 5.74) is -0.186. The molecule has 0 saturated carbocycles. The first-order valence-electron chi connectivity index (χ1n) is 5.75. The van der Waals surface area contributed by atoms with E-state index in [1.807, 2.05) is 4.72 Å². The molecule has 1 aromatic carbocycles. The molecule has 2 N–H and O–H groups in total. The van der Waals surface area contributed by atoms with Crippen LogP contribution in [0.4, 0.5) is 0 Å². The van der Waals surface area contributed by atoms with Gasteiger partial charge < -0.3 is 14.6 Å². The highest BCUT2D eigenvalue weighted by Gasteiger charge is 2.28. The third-order valence-corrected chi connectivity index (χ3v) is 4.04. The minimum Gasteiger partial charge on any atom is -0.480 e. The summed E-state index contributed by atoms with van der Waals surface area (Å²) in [5, 5.41) is 8.94. The highest BCUT2D eigenvalue weighted by Crippen LogP contribution is 2.16. The van der Waals surface area contributed by atoms with Crippen molar-refractivity contribution in [1.82, 2.24) is 4.72 Å². The minimum atomic E-state index is -4.22. The molecule has 8 nitrogen and oxygen atoms in total. The Hall–Kier alpha value is -1.97. The van der Waals surface area contributed by atoms with Gasteiger partial charge in [-0.15, -0.1) is 0 Å². The number of methoxy groups -OCH3 is 2. The zero-order valence-electron chi connectivity index (χ0n) is 11.4. The Labute approximate surface area is 121 Å². The maximum Gasteiger partial charge on any atom is 0.339 e. The maximum atomic E-state index is 12.2. The Kier molecular flexibility index (Phi) is 5.82. The van der Waals surface area contributed by atoms with Crippen molar-refractivity contribution in [3.8, 4) is 0 Å². The van der Waals surface area contributed by atoms with Crippen molar-refractivity contribution in [2.75, 3.05) is 20.8 Å². The third kappa shape index (κ3) is 4.25. The van der Waals surface area contributed by atoms with Crippen molar-refractivity contribution in [3.63, 3.8) is 0 Å². The van der Waals surface area contributed by atoms with E-state index >= 15 is 0 Å². The fraction of sp³-hybridized carbons (Fsp3) is 0.333. The molecule has 0 heterocycles. The SMILES string of the molecule is COCC(NS(=O)(=O)c1ccccc1C(=O)OC)C(=O)O. The molecule has 1 atom stereocenters. The van der Waals surface area contributed by atoms with E-state index in [0.717, 1.165) is 7.11 Å². The Morgan fingerprint density at radius 1 is 1.29 bits per heavy atom. The van der Waals surface area contributed by atoms with Crippen LogP contribution in [0.15, 0.2) is 29.2 Å². The summed E-state index contributed by atoms with van der Waals surface area (Å²) >= 11 is 0. The van der Waals surface area contributed by atoms with Crippen molar-refractivity contribution >= 4 is 22.0 Å². The number of carbonyl (C=O) groups excluding carboxylic acids is 1. The van der Waals surface area contributed by atoms with Crippen LogP contribution in [0.2, 0.25) is 0 Å². The number of carboxylic acid groups (broad SMARTS) is 1. The van der Waals surface area contributed by atoms with Crippen LogP contribution in [-0.4, -0.2) is 52.3 Å². The molecule has 0 fully saturated rings. The number of carboxylic acids is 1. The summed E-state index contributed by atoms with van der Waals surface area (Å²) < 4.78 is 35.6. The number of rotatable bonds is 7. The Bertz CT molecular complexity index is 626. The summed E-state index contributed by atoms with van der Waals surface area (Å²) in [6.07, 6.45) is 0. The van der Waals surface area contributed by atoms with Crippen LogP contribution in [0.1, 0.15) is 10.4 Å². The monoisotopic (exact) mass is 317 g/mol. The maximum absolute atomic E-state index is 12.2. The number of sulfonamides is 1. The standard InChI is InChI=1S/C12H15NO7S/c1-19-7-9(11(14)15)13-21(17,18)10-6-4-3-5-8(10)12(16)20-2/h3-6,9,13H,7H2,1-2H3,(H,14,15). The molecule has 0 amide bonds. The summed E-state index contributed by atoms with van der Waals surface area (Å²) in [5.74, 6) is -2.23. The van der Waals surface area contributed by atoms with Crippen LogP contribution < -0.4 is 4.72 Å². The van der Waals surface area contributed by atoms with Gasteiger partial charge >= 0.3 is 11.9 Å². The number of ether oxygens (including phenoxy) is 2. The molecule has 0 aliphatic rings. The highest BCUT2D eigenvalue weighted by molar-refractivity contribution is 7.89. The predicted molar refractivity (Wildman–Crippen MR) is 71.4 cm³/mol. The average Bonchev–Trinajstić information content (AvgIpc) is 2.45. The first-order valence-corrected chi connectivity index (χ1v) is 7.23. The molecule has 116 valence electrons. The number of esters is 1. The van der Waals surface area contributed by atoms with E-state index in [-0.39, 0.29) is 17.1 Å². The second-order valence-electron chi connectivity index (χ2n) is 3.96. The fourth-order valence-electron chi connectivity index (χ4n) is 1.55. The molecule has 0 aliphatic carbocycles. The van der Waals surface area contributed by atoms with Crippen LogP contribution in [0.5, 0.6) is 0 Å². The molecule has 0 saturated heterocycles. The molecule has 9 heteroatoms. The lowest BCUT2D eigenvalue weighted by atomic mass is 10.2. The molecule has 1 aromatic rings. The second kappa shape index (κ2) is 7.16. The van der Waals surface area contributed by atoms with Crippen molar-refractivity contribution in [2.24, 2.45) is 0 Å². The average molecular weight is 317 g/mol. The first kappa shape index (κ1) is 17.1. The molecule has 1 rings (SSSR count). The van der Waals surface area contributed by atoms with E-state index in [1.54, 1.807) is 0 Å². The van der Waals surface area contributed by atoms with Crippen LogP contribution in [-0.2, 0) is 24.3 Å². The van der Waals surface area contributed by atoms with Gasteiger partial charge in [0.2, 0.25) is 10.0 Å². The topological polar surface area (TPSA) is 119 Å². The molecule has 0 radical (unpaired) electrons. The van der Waals surface area contributed by atoms with Crippen molar-refractivity contribution in [3.05, 3.63) is 29.8 Å². The number of aliphatic carboxylic acids is 1. The summed E-state index contributed by atoms with van der Waals surface area (Å²) in [6.45, 7) is -0.352. The van der Waals surface area contributed by atoms with Gasteiger partial charge in [0.05, 0.1) is 24.2 Å². The smallest absolute Gasteiger partial charge is 0.339 e. The number of nitrogens with one attached hydrogen (secondary N) is 1. The lowest BCUT2D eigenvalue weighted by molar-refractivity contribution is -0.140. The second-order valence-corrected chi connectivity index (χ2v) is 5.64. The van der Waals surface area contributed by atoms with Gasteiger partial charge in [0.15, 0.2) is 0 Å². The van der Waals surface area contributed by atoms with E-state index in [2.05, 4.69) is 9.47 Å². The zero-order chi connectivity index (χ0) is 16.0. The van der Waals surface area contributed by atoms with Crippen molar-refractivity contribution in [2.45, 2.75) is 10.9 Å². The largest absolute Gasteiger partial charge is 0.480 e. The third-order valence-electron chi connectivity index (χ3n) is 2.51. The van der Waals surface area contributed by atoms with Crippen LogP contribution in [0, 0.1) is 0 Å². The predicted octanol–water partition coefficient (Wildman–Crippen LogP) is -0.149. The quantitative estimate of drug-likeness (QED) is 0.671. The lowest BCUT2D eigenvalue weighted by Gasteiger charge is -2.15. The first-order chi connectivity index (χ1) is 9.83. The van der Waals surface area contributed by atoms with Gasteiger partial charge in [-0.05, 0) is 12.1 Å². The number of carbonyl (C=O) groups is 2. The molecule has 1 unspecified atom stereocenters. The van der Waals surface area contributed by atoms with Crippen molar-refractivity contribution in [1.29, 1.82) is 0 Å². The van der Waals surface area contributed by atoms with Gasteiger partial charge in [-0.2, -0.15) is 4.72 Å². The van der Waals surface area contributed by atoms with Gasteiger partial charge in [0.25, 0.3) is 0 Å². The zero-order valence-corrected chi connectivity index (χ0v) is 12.2. The Morgan fingerprint density at radius 2 is 1.90 bits per heavy atom. The highest BCUT2D eigenvalue weighted by atomic mass is 32.2. The number of hydrogen-bond donors (Lipinski definition) is 2. The van der Waals surface area contributed by atoms with Gasteiger partial charge in [-0.3, -0.25) is 4.79 Å². The summed E-state index contributed by atoms with van der Waals surface area (Å²) in [7, 11) is -1.87. The minimum absolute atomic E-state index is 0.186. The van der Waals surface area contributed by atoms with Gasteiger partial charge in [0.1, 0.15) is 6.04 Å². The van der Waals surface area contributed by atoms with Gasteiger partial charge in [-0.25, -0.2) is 13.2 Å². The van der Waals surface area contributed by atoms with Crippen LogP contribution >= 0.6 is 0 Å². The Balaban J connectivity index is 3.19. The van der Waals surface area contributed by atoms with Crippen LogP contribution in [0.3, 0.4) is 0 Å². The summed E-state index contributed by atoms with van der Waals surface area (Å²) in [6, 6.07) is 3.86. The van der Waals surface area contributed by atoms with Crippen LogP contribution in [0.25, 0.3) is 0 Å². The Morgan fingerprint density at radius 3 is 2.43 bits per heavy atom. The number of hydrogen-bond acceptors (Lipinski definition) is 6. The van der Waals surface area contributed by atoms with E-state index < -0.39 is 28.0 Å².